The maximum atomic E-state index is 12.6. The average molecular weight is 377 g/mol. The molecule has 1 saturated heterocycles. The number of rotatable bonds is 9. The summed E-state index contributed by atoms with van der Waals surface area (Å²) in [5, 5.41) is 3.05. The highest BCUT2D eigenvalue weighted by molar-refractivity contribution is 5.82. The maximum Gasteiger partial charge on any atom is 0.263 e. The first-order valence-corrected chi connectivity index (χ1v) is 9.57. The standard InChI is InChI=1S/C20H31N3O4/c1-4-17-5-7-18(8-6-17)27-16(2)20(25)23-12-10-22(11-13-23)19(24)15-21-9-14-26-3/h5-8,16,21H,4,9-15H2,1-3H3. The largest absolute Gasteiger partial charge is 0.481 e. The first-order chi connectivity index (χ1) is 13.0. The Kier molecular flexibility index (Phi) is 8.54. The van der Waals surface area contributed by atoms with Crippen LogP contribution in [0.2, 0.25) is 0 Å². The number of methoxy groups -OCH3 is 1. The number of carbonyl (C=O) groups excluding carboxylic acids is 2. The van der Waals surface area contributed by atoms with Crippen molar-refractivity contribution in [2.24, 2.45) is 0 Å². The molecule has 1 aromatic rings. The Morgan fingerprint density at radius 2 is 1.74 bits per heavy atom. The third kappa shape index (κ3) is 6.52. The van der Waals surface area contributed by atoms with Gasteiger partial charge >= 0.3 is 0 Å². The van der Waals surface area contributed by atoms with E-state index in [4.69, 9.17) is 9.47 Å². The molecule has 7 heteroatoms. The Morgan fingerprint density at radius 1 is 1.11 bits per heavy atom. The van der Waals surface area contributed by atoms with Crippen LogP contribution in [-0.2, 0) is 20.7 Å². The lowest BCUT2D eigenvalue weighted by Crippen LogP contribution is -2.54. The van der Waals surface area contributed by atoms with Gasteiger partial charge in [-0.2, -0.15) is 0 Å². The van der Waals surface area contributed by atoms with E-state index < -0.39 is 6.10 Å². The summed E-state index contributed by atoms with van der Waals surface area (Å²) < 4.78 is 10.7. The van der Waals surface area contributed by atoms with Crippen LogP contribution in [0.15, 0.2) is 24.3 Å². The SMILES string of the molecule is CCc1ccc(OC(C)C(=O)N2CCN(C(=O)CNCCOC)CC2)cc1. The molecule has 27 heavy (non-hydrogen) atoms. The van der Waals surface area contributed by atoms with E-state index >= 15 is 0 Å². The Bertz CT molecular complexity index is 598. The van der Waals surface area contributed by atoms with Crippen molar-refractivity contribution in [1.29, 1.82) is 0 Å². The molecule has 0 saturated carbocycles. The summed E-state index contributed by atoms with van der Waals surface area (Å²) in [6.45, 7) is 7.56. The summed E-state index contributed by atoms with van der Waals surface area (Å²) in [5.41, 5.74) is 1.24. The van der Waals surface area contributed by atoms with Crippen LogP contribution >= 0.6 is 0 Å². The van der Waals surface area contributed by atoms with Gasteiger partial charge in [0.25, 0.3) is 5.91 Å². The fraction of sp³-hybridized carbons (Fsp3) is 0.600. The number of hydrogen-bond donors (Lipinski definition) is 1. The van der Waals surface area contributed by atoms with E-state index in [0.717, 1.165) is 6.42 Å². The number of amides is 2. The quantitative estimate of drug-likeness (QED) is 0.648. The van der Waals surface area contributed by atoms with Gasteiger partial charge < -0.3 is 24.6 Å². The molecule has 7 nitrogen and oxygen atoms in total. The Labute approximate surface area is 161 Å². The number of carbonyl (C=O) groups is 2. The maximum absolute atomic E-state index is 12.6. The third-order valence-corrected chi connectivity index (χ3v) is 4.70. The molecular formula is C20H31N3O4. The number of hydrogen-bond acceptors (Lipinski definition) is 5. The van der Waals surface area contributed by atoms with Gasteiger partial charge in [0.05, 0.1) is 13.2 Å². The van der Waals surface area contributed by atoms with Gasteiger partial charge in [0.15, 0.2) is 6.10 Å². The van der Waals surface area contributed by atoms with Crippen LogP contribution in [-0.4, -0.2) is 80.7 Å². The number of piperazine rings is 1. The van der Waals surface area contributed by atoms with Crippen LogP contribution in [0.25, 0.3) is 0 Å². The van der Waals surface area contributed by atoms with Crippen molar-refractivity contribution in [3.05, 3.63) is 29.8 Å². The number of benzene rings is 1. The van der Waals surface area contributed by atoms with Crippen molar-refractivity contribution in [3.63, 3.8) is 0 Å². The van der Waals surface area contributed by atoms with E-state index in [9.17, 15) is 9.59 Å². The zero-order valence-corrected chi connectivity index (χ0v) is 16.6. The monoisotopic (exact) mass is 377 g/mol. The molecule has 1 atom stereocenters. The summed E-state index contributed by atoms with van der Waals surface area (Å²) in [7, 11) is 1.63. The van der Waals surface area contributed by atoms with Crippen LogP contribution in [0.4, 0.5) is 0 Å². The number of ether oxygens (including phenoxy) is 2. The topological polar surface area (TPSA) is 71.1 Å². The average Bonchev–Trinajstić information content (AvgIpc) is 2.71. The molecule has 1 aliphatic heterocycles. The minimum Gasteiger partial charge on any atom is -0.481 e. The smallest absolute Gasteiger partial charge is 0.263 e. The highest BCUT2D eigenvalue weighted by atomic mass is 16.5. The highest BCUT2D eigenvalue weighted by Gasteiger charge is 2.27. The molecular weight excluding hydrogens is 346 g/mol. The van der Waals surface area contributed by atoms with Gasteiger partial charge in [-0.3, -0.25) is 9.59 Å². The molecule has 2 rings (SSSR count). The van der Waals surface area contributed by atoms with Crippen molar-refractivity contribution >= 4 is 11.8 Å². The first-order valence-electron chi connectivity index (χ1n) is 9.57. The molecule has 1 fully saturated rings. The van der Waals surface area contributed by atoms with Gasteiger partial charge in [0.2, 0.25) is 5.91 Å². The van der Waals surface area contributed by atoms with E-state index in [1.165, 1.54) is 5.56 Å². The van der Waals surface area contributed by atoms with Gasteiger partial charge in [0.1, 0.15) is 5.75 Å². The highest BCUT2D eigenvalue weighted by Crippen LogP contribution is 2.15. The molecule has 1 N–H and O–H groups in total. The zero-order chi connectivity index (χ0) is 19.6. The van der Waals surface area contributed by atoms with Crippen molar-refractivity contribution < 1.29 is 19.1 Å². The fourth-order valence-corrected chi connectivity index (χ4v) is 2.97. The second-order valence-corrected chi connectivity index (χ2v) is 6.63. The summed E-state index contributed by atoms with van der Waals surface area (Å²) in [4.78, 5) is 28.3. The molecule has 1 aliphatic rings. The van der Waals surface area contributed by atoms with Crippen molar-refractivity contribution in [3.8, 4) is 5.75 Å². The second kappa shape index (κ2) is 10.9. The molecule has 1 aromatic carbocycles. The molecule has 0 radical (unpaired) electrons. The van der Waals surface area contributed by atoms with Crippen molar-refractivity contribution in [1.82, 2.24) is 15.1 Å². The molecule has 0 aliphatic carbocycles. The second-order valence-electron chi connectivity index (χ2n) is 6.63. The van der Waals surface area contributed by atoms with E-state index in [0.29, 0.717) is 51.6 Å². The number of nitrogens with zero attached hydrogens (tertiary/aromatic N) is 2. The molecule has 0 aromatic heterocycles. The lowest BCUT2D eigenvalue weighted by molar-refractivity contribution is -0.143. The normalized spacial score (nSPS) is 15.5. The van der Waals surface area contributed by atoms with E-state index in [-0.39, 0.29) is 11.8 Å². The van der Waals surface area contributed by atoms with Gasteiger partial charge in [-0.05, 0) is 31.0 Å². The van der Waals surface area contributed by atoms with Gasteiger partial charge in [-0.1, -0.05) is 19.1 Å². The Balaban J connectivity index is 1.75. The van der Waals surface area contributed by atoms with Crippen LogP contribution < -0.4 is 10.1 Å². The van der Waals surface area contributed by atoms with Crippen LogP contribution in [0.3, 0.4) is 0 Å². The molecule has 2 amide bonds. The van der Waals surface area contributed by atoms with Gasteiger partial charge in [-0.15, -0.1) is 0 Å². The molecule has 1 heterocycles. The summed E-state index contributed by atoms with van der Waals surface area (Å²) in [6, 6.07) is 7.82. The van der Waals surface area contributed by atoms with Gasteiger partial charge in [-0.25, -0.2) is 0 Å². The van der Waals surface area contributed by atoms with Crippen LogP contribution in [0.5, 0.6) is 5.75 Å². The van der Waals surface area contributed by atoms with Crippen LogP contribution in [0, 0.1) is 0 Å². The van der Waals surface area contributed by atoms with Crippen molar-refractivity contribution in [2.45, 2.75) is 26.4 Å². The Hall–Kier alpha value is -2.12. The first kappa shape index (κ1) is 21.2. The molecule has 0 bridgehead atoms. The van der Waals surface area contributed by atoms with E-state index in [2.05, 4.69) is 12.2 Å². The summed E-state index contributed by atoms with van der Waals surface area (Å²) >= 11 is 0. The fourth-order valence-electron chi connectivity index (χ4n) is 2.97. The number of aryl methyl sites for hydroxylation is 1. The lowest BCUT2D eigenvalue weighted by Gasteiger charge is -2.36. The van der Waals surface area contributed by atoms with Crippen LogP contribution in [0.1, 0.15) is 19.4 Å². The number of nitrogens with one attached hydrogen (secondary N) is 1. The molecule has 150 valence electrons. The summed E-state index contributed by atoms with van der Waals surface area (Å²) in [6.07, 6.45) is 0.426. The van der Waals surface area contributed by atoms with E-state index in [1.807, 2.05) is 24.3 Å². The van der Waals surface area contributed by atoms with E-state index in [1.54, 1.807) is 23.8 Å². The minimum absolute atomic E-state index is 0.0418. The minimum atomic E-state index is -0.546. The summed E-state index contributed by atoms with van der Waals surface area (Å²) in [5.74, 6) is 0.711. The third-order valence-electron chi connectivity index (χ3n) is 4.70. The lowest BCUT2D eigenvalue weighted by atomic mass is 10.2. The van der Waals surface area contributed by atoms with Crippen molar-refractivity contribution in [2.75, 3.05) is 53.0 Å². The Morgan fingerprint density at radius 3 is 2.33 bits per heavy atom. The predicted molar refractivity (Wildman–Crippen MR) is 104 cm³/mol. The molecule has 0 spiro atoms. The predicted octanol–water partition coefficient (Wildman–Crippen LogP) is 0.923. The van der Waals surface area contributed by atoms with Gasteiger partial charge in [0, 0.05) is 39.8 Å². The zero-order valence-electron chi connectivity index (χ0n) is 16.6. The molecule has 1 unspecified atom stereocenters.